The Balaban J connectivity index is 2.95. The fourth-order valence-electron chi connectivity index (χ4n) is 0.906. The summed E-state index contributed by atoms with van der Waals surface area (Å²) in [5.41, 5.74) is 4.86. The molecule has 0 aliphatic rings. The minimum atomic E-state index is -4.46. The van der Waals surface area contributed by atoms with Crippen molar-refractivity contribution >= 4 is 0 Å². The van der Waals surface area contributed by atoms with Gasteiger partial charge in [-0.3, -0.25) is 4.98 Å². The van der Waals surface area contributed by atoms with Crippen molar-refractivity contribution in [2.75, 3.05) is 7.11 Å². The zero-order chi connectivity index (χ0) is 10.8. The summed E-state index contributed by atoms with van der Waals surface area (Å²) < 4.78 is 41.3. The maximum Gasteiger partial charge on any atom is 0.407 e. The lowest BCUT2D eigenvalue weighted by Crippen LogP contribution is -2.28. The van der Waals surface area contributed by atoms with Crippen LogP contribution in [0.2, 0.25) is 0 Å². The first-order valence-electron chi connectivity index (χ1n) is 3.76. The van der Waals surface area contributed by atoms with Gasteiger partial charge in [-0.05, 0) is 11.6 Å². The smallest absolute Gasteiger partial charge is 0.407 e. The number of aromatic nitrogens is 1. The highest BCUT2D eigenvalue weighted by molar-refractivity contribution is 5.26. The molecule has 0 radical (unpaired) electrons. The van der Waals surface area contributed by atoms with Gasteiger partial charge >= 0.3 is 6.18 Å². The molecule has 0 saturated heterocycles. The molecule has 0 unspecified atom stereocenters. The monoisotopic (exact) mass is 206 g/mol. The summed E-state index contributed by atoms with van der Waals surface area (Å²) in [4.78, 5) is 3.59. The van der Waals surface area contributed by atoms with Gasteiger partial charge in [-0.2, -0.15) is 13.2 Å². The van der Waals surface area contributed by atoms with Gasteiger partial charge in [0.2, 0.25) is 0 Å². The zero-order valence-corrected chi connectivity index (χ0v) is 7.38. The standard InChI is InChI=1S/C8H9F3N2O/c1-14-6-2-5(3-13-4-6)7(12)8(9,10)11/h2-4,7H,12H2,1H3/t7-/m0/s1. The van der Waals surface area contributed by atoms with E-state index in [2.05, 4.69) is 4.98 Å². The maximum atomic E-state index is 12.2. The third-order valence-corrected chi connectivity index (χ3v) is 1.68. The van der Waals surface area contributed by atoms with Gasteiger partial charge in [0.1, 0.15) is 11.8 Å². The van der Waals surface area contributed by atoms with Crippen LogP contribution in [0, 0.1) is 0 Å². The number of alkyl halides is 3. The molecule has 1 aromatic heterocycles. The first kappa shape index (κ1) is 10.8. The number of nitrogens with two attached hydrogens (primary N) is 1. The van der Waals surface area contributed by atoms with Crippen molar-refractivity contribution < 1.29 is 17.9 Å². The van der Waals surface area contributed by atoms with Gasteiger partial charge in [0, 0.05) is 6.20 Å². The Labute approximate surface area is 78.7 Å². The van der Waals surface area contributed by atoms with Gasteiger partial charge in [0.05, 0.1) is 13.3 Å². The quantitative estimate of drug-likeness (QED) is 0.800. The molecule has 1 atom stereocenters. The number of methoxy groups -OCH3 is 1. The van der Waals surface area contributed by atoms with E-state index in [0.717, 1.165) is 6.20 Å². The predicted molar refractivity (Wildman–Crippen MR) is 43.8 cm³/mol. The molecule has 0 fully saturated rings. The fraction of sp³-hybridized carbons (Fsp3) is 0.375. The molecule has 0 spiro atoms. The molecule has 0 aromatic carbocycles. The molecular formula is C8H9F3N2O. The van der Waals surface area contributed by atoms with E-state index in [1.165, 1.54) is 19.4 Å². The Kier molecular flexibility index (Phi) is 2.95. The molecule has 2 N–H and O–H groups in total. The van der Waals surface area contributed by atoms with Gasteiger partial charge < -0.3 is 10.5 Å². The van der Waals surface area contributed by atoms with Gasteiger partial charge in [0.25, 0.3) is 0 Å². The molecule has 0 aliphatic heterocycles. The average molecular weight is 206 g/mol. The van der Waals surface area contributed by atoms with Gasteiger partial charge in [-0.25, -0.2) is 0 Å². The number of nitrogens with zero attached hydrogens (tertiary/aromatic N) is 1. The summed E-state index contributed by atoms with van der Waals surface area (Å²) in [6.07, 6.45) is -2.08. The zero-order valence-electron chi connectivity index (χ0n) is 7.38. The lowest BCUT2D eigenvalue weighted by atomic mass is 10.1. The third-order valence-electron chi connectivity index (χ3n) is 1.68. The number of rotatable bonds is 2. The fourth-order valence-corrected chi connectivity index (χ4v) is 0.906. The molecule has 14 heavy (non-hydrogen) atoms. The molecule has 1 rings (SSSR count). The second-order valence-corrected chi connectivity index (χ2v) is 2.68. The van der Waals surface area contributed by atoms with Crippen LogP contribution in [-0.2, 0) is 0 Å². The van der Waals surface area contributed by atoms with E-state index < -0.39 is 12.2 Å². The van der Waals surface area contributed by atoms with Crippen LogP contribution in [0.4, 0.5) is 13.2 Å². The SMILES string of the molecule is COc1cncc([C@H](N)C(F)(F)F)c1. The molecule has 1 aromatic rings. The highest BCUT2D eigenvalue weighted by Gasteiger charge is 2.38. The third kappa shape index (κ3) is 2.35. The van der Waals surface area contributed by atoms with Crippen LogP contribution < -0.4 is 10.5 Å². The summed E-state index contributed by atoms with van der Waals surface area (Å²) in [7, 11) is 1.35. The van der Waals surface area contributed by atoms with Crippen molar-refractivity contribution in [1.29, 1.82) is 0 Å². The van der Waals surface area contributed by atoms with E-state index in [-0.39, 0.29) is 11.3 Å². The summed E-state index contributed by atoms with van der Waals surface area (Å²) in [6.45, 7) is 0. The van der Waals surface area contributed by atoms with E-state index in [1.54, 1.807) is 0 Å². The van der Waals surface area contributed by atoms with Crippen molar-refractivity contribution in [2.24, 2.45) is 5.73 Å². The molecule has 0 aliphatic carbocycles. The number of hydrogen-bond acceptors (Lipinski definition) is 3. The Morgan fingerprint density at radius 1 is 1.43 bits per heavy atom. The van der Waals surface area contributed by atoms with Crippen molar-refractivity contribution in [3.05, 3.63) is 24.0 Å². The molecule has 3 nitrogen and oxygen atoms in total. The Morgan fingerprint density at radius 2 is 2.07 bits per heavy atom. The summed E-state index contributed by atoms with van der Waals surface area (Å²) >= 11 is 0. The summed E-state index contributed by atoms with van der Waals surface area (Å²) in [6, 6.07) is -0.810. The minimum Gasteiger partial charge on any atom is -0.495 e. The molecule has 0 bridgehead atoms. The first-order chi connectivity index (χ1) is 6.45. The van der Waals surface area contributed by atoms with Crippen LogP contribution in [0.25, 0.3) is 0 Å². The van der Waals surface area contributed by atoms with Crippen molar-refractivity contribution in [3.8, 4) is 5.75 Å². The van der Waals surface area contributed by atoms with Crippen molar-refractivity contribution in [2.45, 2.75) is 12.2 Å². The normalized spacial score (nSPS) is 13.8. The van der Waals surface area contributed by atoms with E-state index >= 15 is 0 Å². The molecule has 6 heteroatoms. The van der Waals surface area contributed by atoms with Crippen LogP contribution in [-0.4, -0.2) is 18.3 Å². The second-order valence-electron chi connectivity index (χ2n) is 2.68. The average Bonchev–Trinajstić information content (AvgIpc) is 2.15. The van der Waals surface area contributed by atoms with Gasteiger partial charge in [-0.1, -0.05) is 0 Å². The topological polar surface area (TPSA) is 48.1 Å². The highest BCUT2D eigenvalue weighted by atomic mass is 19.4. The number of pyridine rings is 1. The van der Waals surface area contributed by atoms with E-state index in [4.69, 9.17) is 10.5 Å². The van der Waals surface area contributed by atoms with Crippen molar-refractivity contribution in [3.63, 3.8) is 0 Å². The van der Waals surface area contributed by atoms with Crippen LogP contribution in [0.5, 0.6) is 5.75 Å². The lowest BCUT2D eigenvalue weighted by molar-refractivity contribution is -0.149. The van der Waals surface area contributed by atoms with Crippen molar-refractivity contribution in [1.82, 2.24) is 4.98 Å². The number of ether oxygens (including phenoxy) is 1. The highest BCUT2D eigenvalue weighted by Crippen LogP contribution is 2.31. The van der Waals surface area contributed by atoms with E-state index in [9.17, 15) is 13.2 Å². The lowest BCUT2D eigenvalue weighted by Gasteiger charge is -2.15. The van der Waals surface area contributed by atoms with Gasteiger partial charge in [-0.15, -0.1) is 0 Å². The Morgan fingerprint density at radius 3 is 2.57 bits per heavy atom. The van der Waals surface area contributed by atoms with E-state index in [1.807, 2.05) is 0 Å². The second kappa shape index (κ2) is 3.83. The molecular weight excluding hydrogens is 197 g/mol. The Bertz CT molecular complexity index is 314. The van der Waals surface area contributed by atoms with Gasteiger partial charge in [0.15, 0.2) is 0 Å². The molecule has 0 amide bonds. The van der Waals surface area contributed by atoms with Crippen LogP contribution in [0.15, 0.2) is 18.5 Å². The first-order valence-corrected chi connectivity index (χ1v) is 3.76. The molecule has 78 valence electrons. The van der Waals surface area contributed by atoms with Crippen LogP contribution >= 0.6 is 0 Å². The largest absolute Gasteiger partial charge is 0.495 e. The molecule has 1 heterocycles. The van der Waals surface area contributed by atoms with Crippen LogP contribution in [0.3, 0.4) is 0 Å². The number of hydrogen-bond donors (Lipinski definition) is 1. The number of halogens is 3. The van der Waals surface area contributed by atoms with E-state index in [0.29, 0.717) is 0 Å². The molecule has 0 saturated carbocycles. The van der Waals surface area contributed by atoms with Crippen LogP contribution in [0.1, 0.15) is 11.6 Å². The summed E-state index contributed by atoms with van der Waals surface area (Å²) in [5, 5.41) is 0. The maximum absolute atomic E-state index is 12.2. The Hall–Kier alpha value is -1.30. The predicted octanol–water partition coefficient (Wildman–Crippen LogP) is 1.65. The summed E-state index contributed by atoms with van der Waals surface area (Å²) in [5.74, 6) is 0.252. The minimum absolute atomic E-state index is 0.114.